The van der Waals surface area contributed by atoms with E-state index in [9.17, 15) is 21.6 Å². The van der Waals surface area contributed by atoms with E-state index >= 15 is 0 Å². The van der Waals surface area contributed by atoms with Crippen LogP contribution >= 0.6 is 0 Å². The van der Waals surface area contributed by atoms with E-state index in [0.29, 0.717) is 30.4 Å². The fourth-order valence-electron chi connectivity index (χ4n) is 3.59. The summed E-state index contributed by atoms with van der Waals surface area (Å²) in [7, 11) is -2.25. The Labute approximate surface area is 170 Å². The Hall–Kier alpha value is -2.73. The minimum atomic E-state index is -4.45. The van der Waals surface area contributed by atoms with Crippen LogP contribution in [0.5, 0.6) is 0 Å². The highest BCUT2D eigenvalue weighted by atomic mass is 32.2. The number of rotatable bonds is 4. The van der Waals surface area contributed by atoms with Crippen molar-refractivity contribution in [1.82, 2.24) is 24.3 Å². The van der Waals surface area contributed by atoms with Crippen molar-refractivity contribution in [3.8, 4) is 0 Å². The summed E-state index contributed by atoms with van der Waals surface area (Å²) < 4.78 is 66.7. The quantitative estimate of drug-likeness (QED) is 0.670. The molecule has 1 aliphatic heterocycles. The highest BCUT2D eigenvalue weighted by molar-refractivity contribution is 7.89. The number of sulfonamides is 1. The van der Waals surface area contributed by atoms with Crippen LogP contribution in [-0.2, 0) is 16.2 Å². The maximum absolute atomic E-state index is 13.1. The van der Waals surface area contributed by atoms with Gasteiger partial charge < -0.3 is 4.90 Å². The molecule has 12 heteroatoms. The number of halogens is 3. The van der Waals surface area contributed by atoms with E-state index in [1.165, 1.54) is 29.8 Å². The number of alkyl halides is 3. The first-order valence-corrected chi connectivity index (χ1v) is 10.7. The number of nitrogens with one attached hydrogen (secondary N) is 1. The number of hydrogen-bond acceptors (Lipinski definition) is 6. The molecular formula is C18H19F3N6O2S. The third kappa shape index (κ3) is 3.84. The molecular weight excluding hydrogens is 421 g/mol. The maximum Gasteiger partial charge on any atom is 0.417 e. The zero-order valence-corrected chi connectivity index (χ0v) is 16.8. The van der Waals surface area contributed by atoms with Crippen molar-refractivity contribution in [3.63, 3.8) is 0 Å². The molecule has 0 amide bonds. The fourth-order valence-corrected chi connectivity index (χ4v) is 4.26. The van der Waals surface area contributed by atoms with E-state index in [4.69, 9.17) is 0 Å². The first-order chi connectivity index (χ1) is 14.2. The van der Waals surface area contributed by atoms with E-state index in [1.54, 1.807) is 6.07 Å². The van der Waals surface area contributed by atoms with Gasteiger partial charge in [0.25, 0.3) is 0 Å². The second-order valence-corrected chi connectivity index (χ2v) is 8.93. The van der Waals surface area contributed by atoms with Crippen LogP contribution in [0.4, 0.5) is 19.0 Å². The number of fused-ring (bicyclic) bond motifs is 1. The molecule has 0 aliphatic carbocycles. The molecule has 0 radical (unpaired) electrons. The van der Waals surface area contributed by atoms with Crippen molar-refractivity contribution in [2.45, 2.75) is 29.8 Å². The molecule has 1 saturated heterocycles. The van der Waals surface area contributed by atoms with Crippen molar-refractivity contribution in [3.05, 3.63) is 48.0 Å². The van der Waals surface area contributed by atoms with E-state index in [2.05, 4.69) is 19.9 Å². The average Bonchev–Trinajstić information content (AvgIpc) is 3.17. The van der Waals surface area contributed by atoms with Crippen molar-refractivity contribution in [1.29, 1.82) is 0 Å². The lowest BCUT2D eigenvalue weighted by Crippen LogP contribution is -2.35. The first kappa shape index (κ1) is 20.5. The largest absolute Gasteiger partial charge is 0.417 e. The Bertz CT molecular complexity index is 1160. The summed E-state index contributed by atoms with van der Waals surface area (Å²) >= 11 is 0. The molecule has 1 atom stereocenters. The topological polar surface area (TPSA) is 92.5 Å². The Morgan fingerprint density at radius 2 is 1.97 bits per heavy atom. The van der Waals surface area contributed by atoms with Gasteiger partial charge in [0.15, 0.2) is 5.65 Å². The zero-order chi connectivity index (χ0) is 21.5. The molecule has 8 nitrogen and oxygen atoms in total. The van der Waals surface area contributed by atoms with E-state index in [1.807, 2.05) is 4.90 Å². The van der Waals surface area contributed by atoms with Crippen LogP contribution in [0.1, 0.15) is 30.1 Å². The number of hydrogen-bond donors (Lipinski definition) is 1. The van der Waals surface area contributed by atoms with Gasteiger partial charge in [0.1, 0.15) is 16.5 Å². The highest BCUT2D eigenvalue weighted by Gasteiger charge is 2.32. The van der Waals surface area contributed by atoms with E-state index in [0.717, 1.165) is 25.1 Å². The summed E-state index contributed by atoms with van der Waals surface area (Å²) in [5.41, 5.74) is -0.401. The molecule has 160 valence electrons. The molecule has 1 N–H and O–H groups in total. The van der Waals surface area contributed by atoms with Crippen molar-refractivity contribution in [2.75, 3.05) is 25.0 Å². The molecule has 0 spiro atoms. The van der Waals surface area contributed by atoms with Gasteiger partial charge in [0.2, 0.25) is 10.0 Å². The summed E-state index contributed by atoms with van der Waals surface area (Å²) in [5.74, 6) is 0.925. The van der Waals surface area contributed by atoms with Gasteiger partial charge in [-0.05, 0) is 44.2 Å². The number of nitrogens with zero attached hydrogens (tertiary/aromatic N) is 5. The molecule has 4 rings (SSSR count). The van der Waals surface area contributed by atoms with Gasteiger partial charge in [-0.3, -0.25) is 4.40 Å². The van der Waals surface area contributed by atoms with Crippen LogP contribution in [0.2, 0.25) is 0 Å². The second-order valence-electron chi connectivity index (χ2n) is 7.05. The predicted octanol–water partition coefficient (Wildman–Crippen LogP) is 2.44. The molecule has 0 bridgehead atoms. The molecule has 3 aromatic rings. The number of piperidine rings is 1. The van der Waals surface area contributed by atoms with Gasteiger partial charge in [0.05, 0.1) is 5.56 Å². The number of anilines is 1. The maximum atomic E-state index is 13.1. The molecule has 1 fully saturated rings. The van der Waals surface area contributed by atoms with Crippen molar-refractivity contribution in [2.24, 2.45) is 0 Å². The van der Waals surface area contributed by atoms with Gasteiger partial charge in [-0.1, -0.05) is 0 Å². The Kier molecular flexibility index (Phi) is 5.14. The van der Waals surface area contributed by atoms with Crippen LogP contribution in [0, 0.1) is 0 Å². The normalized spacial score (nSPS) is 18.1. The summed E-state index contributed by atoms with van der Waals surface area (Å²) in [6.45, 7) is 1.19. The summed E-state index contributed by atoms with van der Waals surface area (Å²) in [6.07, 6.45) is -0.601. The van der Waals surface area contributed by atoms with Gasteiger partial charge in [0, 0.05) is 31.4 Å². The number of pyridine rings is 2. The minimum Gasteiger partial charge on any atom is -0.356 e. The van der Waals surface area contributed by atoms with Crippen LogP contribution < -0.4 is 9.62 Å². The molecule has 3 aromatic heterocycles. The van der Waals surface area contributed by atoms with Crippen molar-refractivity contribution < 1.29 is 21.6 Å². The third-order valence-electron chi connectivity index (χ3n) is 5.17. The SMILES string of the molecule is CNS(=O)(=O)c1ccc(N2CCCC(c3nnc4ccc(C(F)(F)F)cn34)C2)nc1. The van der Waals surface area contributed by atoms with Gasteiger partial charge in [-0.15, -0.1) is 10.2 Å². The lowest BCUT2D eigenvalue weighted by atomic mass is 9.97. The molecule has 0 saturated carbocycles. The first-order valence-electron chi connectivity index (χ1n) is 9.25. The minimum absolute atomic E-state index is 0.0606. The standard InChI is InChI=1S/C18H19F3N6O2S/c1-22-30(28,29)14-5-7-15(23-9-14)26-8-2-3-12(10-26)17-25-24-16-6-4-13(11-27(16)17)18(19,20)21/h4-7,9,11-12,22H,2-3,8,10H2,1H3. The summed E-state index contributed by atoms with van der Waals surface area (Å²) in [5, 5.41) is 8.14. The van der Waals surface area contributed by atoms with Crippen LogP contribution in [0.25, 0.3) is 5.65 Å². The van der Waals surface area contributed by atoms with Gasteiger partial charge in [-0.25, -0.2) is 18.1 Å². The predicted molar refractivity (Wildman–Crippen MR) is 103 cm³/mol. The zero-order valence-electron chi connectivity index (χ0n) is 16.0. The Morgan fingerprint density at radius 3 is 2.63 bits per heavy atom. The highest BCUT2D eigenvalue weighted by Crippen LogP contribution is 2.32. The smallest absolute Gasteiger partial charge is 0.356 e. The summed E-state index contributed by atoms with van der Waals surface area (Å²) in [4.78, 5) is 6.29. The van der Waals surface area contributed by atoms with Gasteiger partial charge >= 0.3 is 6.18 Å². The average molecular weight is 440 g/mol. The Morgan fingerprint density at radius 1 is 1.17 bits per heavy atom. The fraction of sp³-hybridized carbons (Fsp3) is 0.389. The van der Waals surface area contributed by atoms with Crippen molar-refractivity contribution >= 4 is 21.5 Å². The van der Waals surface area contributed by atoms with Crippen LogP contribution in [-0.4, -0.2) is 48.1 Å². The van der Waals surface area contributed by atoms with E-state index < -0.39 is 21.8 Å². The number of aromatic nitrogens is 4. The lowest BCUT2D eigenvalue weighted by molar-refractivity contribution is -0.137. The second kappa shape index (κ2) is 7.51. The van der Waals surface area contributed by atoms with Crippen LogP contribution in [0.3, 0.4) is 0 Å². The molecule has 1 unspecified atom stereocenters. The van der Waals surface area contributed by atoms with E-state index in [-0.39, 0.29) is 10.8 Å². The van der Waals surface area contributed by atoms with Crippen LogP contribution in [0.15, 0.2) is 41.6 Å². The lowest BCUT2D eigenvalue weighted by Gasteiger charge is -2.32. The third-order valence-corrected chi connectivity index (χ3v) is 6.57. The van der Waals surface area contributed by atoms with Gasteiger partial charge in [-0.2, -0.15) is 13.2 Å². The summed E-state index contributed by atoms with van der Waals surface area (Å²) in [6, 6.07) is 5.39. The monoisotopic (exact) mass is 440 g/mol. The molecule has 0 aromatic carbocycles. The molecule has 4 heterocycles. The Balaban J connectivity index is 1.60. The molecule has 1 aliphatic rings. The molecule has 30 heavy (non-hydrogen) atoms.